The predicted octanol–water partition coefficient (Wildman–Crippen LogP) is 4.78. The molecule has 1 N–H and O–H groups in total. The van der Waals surface area contributed by atoms with Crippen LogP contribution in [0.25, 0.3) is 0 Å². The van der Waals surface area contributed by atoms with Crippen LogP contribution in [0.5, 0.6) is 5.75 Å². The lowest BCUT2D eigenvalue weighted by molar-refractivity contribution is -0.139. The van der Waals surface area contributed by atoms with Crippen LogP contribution in [0, 0.1) is 0 Å². The number of aliphatic carboxylic acids is 1. The summed E-state index contributed by atoms with van der Waals surface area (Å²) >= 11 is 1.24. The zero-order chi connectivity index (χ0) is 18.2. The average molecular weight is 368 g/mol. The highest BCUT2D eigenvalue weighted by Crippen LogP contribution is 2.49. The first-order valence-corrected chi connectivity index (χ1v) is 8.34. The van der Waals surface area contributed by atoms with Crippen molar-refractivity contribution in [1.82, 2.24) is 0 Å². The van der Waals surface area contributed by atoms with Crippen molar-refractivity contribution in [2.45, 2.75) is 35.8 Å². The summed E-state index contributed by atoms with van der Waals surface area (Å²) < 4.78 is 42.5. The number of halogens is 3. The molecule has 0 saturated carbocycles. The van der Waals surface area contributed by atoms with E-state index in [0.717, 1.165) is 22.6 Å². The number of alkyl halides is 3. The number of hydrogen-bond acceptors (Lipinski definition) is 3. The normalized spacial score (nSPS) is 19.5. The van der Waals surface area contributed by atoms with E-state index in [-0.39, 0.29) is 6.61 Å². The number of carboxylic acids is 1. The molecule has 3 rings (SSSR count). The maximum Gasteiger partial charge on any atom is 0.416 e. The minimum Gasteiger partial charge on any atom is -0.488 e. The van der Waals surface area contributed by atoms with Crippen LogP contribution >= 0.6 is 11.8 Å². The largest absolute Gasteiger partial charge is 0.488 e. The molecule has 0 amide bonds. The highest BCUT2D eigenvalue weighted by atomic mass is 32.2. The van der Waals surface area contributed by atoms with Crippen molar-refractivity contribution in [3.8, 4) is 5.75 Å². The summed E-state index contributed by atoms with van der Waals surface area (Å²) in [6.45, 7) is 1.78. The van der Waals surface area contributed by atoms with Crippen LogP contribution in [0.1, 0.15) is 23.6 Å². The number of fused-ring (bicyclic) bond motifs is 1. The summed E-state index contributed by atoms with van der Waals surface area (Å²) in [5, 5.41) is 9.38. The van der Waals surface area contributed by atoms with Crippen molar-refractivity contribution in [1.29, 1.82) is 0 Å². The summed E-state index contributed by atoms with van der Waals surface area (Å²) in [6.07, 6.45) is -3.96. The van der Waals surface area contributed by atoms with Crippen molar-refractivity contribution < 1.29 is 27.8 Å². The van der Waals surface area contributed by atoms with Gasteiger partial charge >= 0.3 is 12.1 Å². The Hall–Kier alpha value is -2.15. The number of carbonyl (C=O) groups is 1. The Bertz CT molecular complexity index is 802. The van der Waals surface area contributed by atoms with Crippen LogP contribution in [0.4, 0.5) is 13.2 Å². The van der Waals surface area contributed by atoms with Gasteiger partial charge in [-0.15, -0.1) is 11.8 Å². The second kappa shape index (κ2) is 6.29. The fourth-order valence-electron chi connectivity index (χ4n) is 2.63. The van der Waals surface area contributed by atoms with Crippen molar-refractivity contribution in [3.05, 3.63) is 59.2 Å². The van der Waals surface area contributed by atoms with E-state index in [1.165, 1.54) is 23.9 Å². The van der Waals surface area contributed by atoms with Crippen molar-refractivity contribution >= 4 is 17.7 Å². The average Bonchev–Trinajstić information content (AvgIpc) is 2.91. The standard InChI is InChI=1S/C18H15F3O3S/c1-17(16(22)23)9-12-3-2-4-14(15(12)25-17)24-10-11-5-7-13(8-6-11)18(19,20)21/h2-8H,9-10H2,1H3,(H,22,23). The molecule has 0 radical (unpaired) electrons. The van der Waals surface area contributed by atoms with Gasteiger partial charge < -0.3 is 9.84 Å². The van der Waals surface area contributed by atoms with Gasteiger partial charge in [0.1, 0.15) is 17.1 Å². The van der Waals surface area contributed by atoms with Crippen molar-refractivity contribution in [2.24, 2.45) is 0 Å². The summed E-state index contributed by atoms with van der Waals surface area (Å²) in [5.74, 6) is -0.338. The Labute approximate surface area is 146 Å². The van der Waals surface area contributed by atoms with Crippen molar-refractivity contribution in [2.75, 3.05) is 0 Å². The quantitative estimate of drug-likeness (QED) is 0.844. The van der Waals surface area contributed by atoms with E-state index in [1.54, 1.807) is 19.1 Å². The molecule has 2 aromatic carbocycles. The van der Waals surface area contributed by atoms with Crippen LogP contribution in [0.3, 0.4) is 0 Å². The SMILES string of the molecule is CC1(C(=O)O)Cc2cccc(OCc3ccc(C(F)(F)F)cc3)c2S1. The fourth-order valence-corrected chi connectivity index (χ4v) is 3.89. The third-order valence-electron chi connectivity index (χ3n) is 4.04. The lowest BCUT2D eigenvalue weighted by Gasteiger charge is -2.16. The van der Waals surface area contributed by atoms with Crippen LogP contribution < -0.4 is 4.74 Å². The van der Waals surface area contributed by atoms with Crippen molar-refractivity contribution in [3.63, 3.8) is 0 Å². The zero-order valence-corrected chi connectivity index (χ0v) is 14.1. The Morgan fingerprint density at radius 3 is 2.52 bits per heavy atom. The molecule has 3 nitrogen and oxygen atoms in total. The Morgan fingerprint density at radius 1 is 1.24 bits per heavy atom. The topological polar surface area (TPSA) is 46.5 Å². The zero-order valence-electron chi connectivity index (χ0n) is 13.3. The molecule has 1 aliphatic heterocycles. The Kier molecular flexibility index (Phi) is 4.45. The van der Waals surface area contributed by atoms with Crippen LogP contribution in [0.15, 0.2) is 47.4 Å². The molecule has 1 atom stereocenters. The highest BCUT2D eigenvalue weighted by molar-refractivity contribution is 8.01. The van der Waals surface area contributed by atoms with Gasteiger partial charge in [0.25, 0.3) is 0 Å². The van der Waals surface area contributed by atoms with Gasteiger partial charge in [0.05, 0.1) is 10.5 Å². The summed E-state index contributed by atoms with van der Waals surface area (Å²) in [7, 11) is 0. The predicted molar refractivity (Wildman–Crippen MR) is 87.8 cm³/mol. The maximum absolute atomic E-state index is 12.6. The maximum atomic E-state index is 12.6. The molecule has 0 saturated heterocycles. The first-order chi connectivity index (χ1) is 11.7. The molecule has 132 valence electrons. The first kappa shape index (κ1) is 17.7. The molecule has 0 aliphatic carbocycles. The van der Waals surface area contributed by atoms with Gasteiger partial charge in [-0.05, 0) is 42.7 Å². The van der Waals surface area contributed by atoms with Crippen LogP contribution in [-0.2, 0) is 24.0 Å². The second-order valence-corrected chi connectivity index (χ2v) is 7.56. The van der Waals surface area contributed by atoms with E-state index >= 15 is 0 Å². The Balaban J connectivity index is 1.74. The van der Waals surface area contributed by atoms with Crippen LogP contribution in [0.2, 0.25) is 0 Å². The van der Waals surface area contributed by atoms with E-state index in [4.69, 9.17) is 4.74 Å². The molecular weight excluding hydrogens is 353 g/mol. The van der Waals surface area contributed by atoms with E-state index in [9.17, 15) is 23.1 Å². The smallest absolute Gasteiger partial charge is 0.416 e. The molecule has 0 fully saturated rings. The molecule has 1 heterocycles. The highest BCUT2D eigenvalue weighted by Gasteiger charge is 2.42. The fraction of sp³-hybridized carbons (Fsp3) is 0.278. The molecule has 7 heteroatoms. The number of benzene rings is 2. The molecule has 0 bridgehead atoms. The number of thioether (sulfide) groups is 1. The van der Waals surface area contributed by atoms with Gasteiger partial charge in [-0.2, -0.15) is 13.2 Å². The first-order valence-electron chi connectivity index (χ1n) is 7.52. The molecular formula is C18H15F3O3S. The van der Waals surface area contributed by atoms with E-state index in [1.807, 2.05) is 6.07 Å². The molecule has 1 aliphatic rings. The lowest BCUT2D eigenvalue weighted by Crippen LogP contribution is -2.30. The summed E-state index contributed by atoms with van der Waals surface area (Å²) in [5.41, 5.74) is 0.805. The third kappa shape index (κ3) is 3.61. The number of ether oxygens (including phenoxy) is 1. The molecule has 0 aromatic heterocycles. The molecule has 2 aromatic rings. The minimum absolute atomic E-state index is 0.110. The molecule has 0 spiro atoms. The van der Waals surface area contributed by atoms with Gasteiger partial charge in [-0.3, -0.25) is 4.79 Å². The molecule has 25 heavy (non-hydrogen) atoms. The lowest BCUT2D eigenvalue weighted by atomic mass is 10.0. The number of carboxylic acid groups (broad SMARTS) is 1. The van der Waals surface area contributed by atoms with E-state index in [0.29, 0.717) is 17.7 Å². The number of rotatable bonds is 4. The second-order valence-electron chi connectivity index (χ2n) is 6.04. The van der Waals surface area contributed by atoms with E-state index in [2.05, 4.69) is 0 Å². The summed E-state index contributed by atoms with van der Waals surface area (Å²) in [4.78, 5) is 12.2. The minimum atomic E-state index is -4.36. The van der Waals surface area contributed by atoms with Gasteiger partial charge in [0.2, 0.25) is 0 Å². The van der Waals surface area contributed by atoms with Crippen LogP contribution in [-0.4, -0.2) is 15.8 Å². The monoisotopic (exact) mass is 368 g/mol. The Morgan fingerprint density at radius 2 is 1.92 bits per heavy atom. The van der Waals surface area contributed by atoms with E-state index < -0.39 is 22.5 Å². The van der Waals surface area contributed by atoms with Gasteiger partial charge in [0.15, 0.2) is 0 Å². The van der Waals surface area contributed by atoms with Gasteiger partial charge in [-0.1, -0.05) is 24.3 Å². The third-order valence-corrected chi connectivity index (χ3v) is 5.48. The molecule has 1 unspecified atom stereocenters. The summed E-state index contributed by atoms with van der Waals surface area (Å²) in [6, 6.07) is 10.2. The van der Waals surface area contributed by atoms with Gasteiger partial charge in [0, 0.05) is 0 Å². The van der Waals surface area contributed by atoms with Gasteiger partial charge in [-0.25, -0.2) is 0 Å². The number of hydrogen-bond donors (Lipinski definition) is 1.